The number of nitrogens with zero attached hydrogens (tertiary/aromatic N) is 2. The van der Waals surface area contributed by atoms with Crippen LogP contribution in [0.5, 0.6) is 5.19 Å². The lowest BCUT2D eigenvalue weighted by molar-refractivity contribution is 0.0322. The molecule has 1 aliphatic heterocycles. The maximum absolute atomic E-state index is 6.05. The van der Waals surface area contributed by atoms with E-state index in [2.05, 4.69) is 9.88 Å². The van der Waals surface area contributed by atoms with Gasteiger partial charge in [0.15, 0.2) is 0 Å². The summed E-state index contributed by atoms with van der Waals surface area (Å²) in [5.74, 6) is 0. The Morgan fingerprint density at radius 2 is 2.05 bits per heavy atom. The standard InChI is InChI=1S/C15H16Cl2N2O2S/c16-12-2-1-11(9-13(12)17)14-10-18-15(22-14)21-8-5-19-3-6-20-7-4-19/h1-2,9-10H,3-8H2. The number of rotatable bonds is 5. The molecular weight excluding hydrogens is 343 g/mol. The third-order valence-corrected chi connectivity index (χ3v) is 5.12. The largest absolute Gasteiger partial charge is 0.469 e. The monoisotopic (exact) mass is 358 g/mol. The number of thiazole rings is 1. The van der Waals surface area contributed by atoms with Crippen molar-refractivity contribution in [1.82, 2.24) is 9.88 Å². The van der Waals surface area contributed by atoms with Gasteiger partial charge < -0.3 is 9.47 Å². The van der Waals surface area contributed by atoms with Gasteiger partial charge in [0.2, 0.25) is 0 Å². The molecule has 0 unspecified atom stereocenters. The van der Waals surface area contributed by atoms with E-state index in [1.807, 2.05) is 12.1 Å². The lowest BCUT2D eigenvalue weighted by Crippen LogP contribution is -2.38. The van der Waals surface area contributed by atoms with Crippen molar-refractivity contribution in [2.75, 3.05) is 39.5 Å². The number of halogens is 2. The molecule has 1 aromatic carbocycles. The third-order valence-electron chi connectivity index (χ3n) is 3.43. The highest BCUT2D eigenvalue weighted by atomic mass is 35.5. The van der Waals surface area contributed by atoms with Crippen LogP contribution in [0.4, 0.5) is 0 Å². The zero-order chi connectivity index (χ0) is 15.4. The van der Waals surface area contributed by atoms with Crippen molar-refractivity contribution in [3.63, 3.8) is 0 Å². The van der Waals surface area contributed by atoms with E-state index in [1.165, 1.54) is 11.3 Å². The van der Waals surface area contributed by atoms with Crippen molar-refractivity contribution in [2.24, 2.45) is 0 Å². The Balaban J connectivity index is 1.55. The summed E-state index contributed by atoms with van der Waals surface area (Å²) in [6.07, 6.45) is 1.80. The van der Waals surface area contributed by atoms with Crippen LogP contribution >= 0.6 is 34.5 Å². The highest BCUT2D eigenvalue weighted by molar-refractivity contribution is 7.16. The minimum absolute atomic E-state index is 0.544. The predicted octanol–water partition coefficient (Wildman–Crippen LogP) is 3.83. The Morgan fingerprint density at radius 3 is 2.82 bits per heavy atom. The molecule has 1 saturated heterocycles. The van der Waals surface area contributed by atoms with Crippen molar-refractivity contribution in [1.29, 1.82) is 0 Å². The molecule has 0 N–H and O–H groups in total. The minimum Gasteiger partial charge on any atom is -0.469 e. The zero-order valence-electron chi connectivity index (χ0n) is 11.9. The molecule has 1 aliphatic rings. The number of morpholine rings is 1. The Bertz CT molecular complexity index is 630. The molecule has 1 fully saturated rings. The molecule has 118 valence electrons. The second kappa shape index (κ2) is 7.62. The van der Waals surface area contributed by atoms with E-state index in [0.717, 1.165) is 43.3 Å². The van der Waals surface area contributed by atoms with Gasteiger partial charge in [-0.15, -0.1) is 0 Å². The van der Waals surface area contributed by atoms with E-state index >= 15 is 0 Å². The maximum atomic E-state index is 6.05. The first-order chi connectivity index (χ1) is 10.7. The predicted molar refractivity (Wildman–Crippen MR) is 90.3 cm³/mol. The smallest absolute Gasteiger partial charge is 0.273 e. The van der Waals surface area contributed by atoms with E-state index in [9.17, 15) is 0 Å². The molecule has 4 nitrogen and oxygen atoms in total. The number of ether oxygens (including phenoxy) is 2. The van der Waals surface area contributed by atoms with Crippen LogP contribution in [0.3, 0.4) is 0 Å². The van der Waals surface area contributed by atoms with Gasteiger partial charge in [-0.25, -0.2) is 4.98 Å². The molecule has 7 heteroatoms. The summed E-state index contributed by atoms with van der Waals surface area (Å²) in [5.41, 5.74) is 0.995. The first kappa shape index (κ1) is 16.0. The van der Waals surface area contributed by atoms with E-state index in [-0.39, 0.29) is 0 Å². The minimum atomic E-state index is 0.544. The first-order valence-electron chi connectivity index (χ1n) is 7.06. The Labute approximate surface area is 143 Å². The normalized spacial score (nSPS) is 15.9. The van der Waals surface area contributed by atoms with Gasteiger partial charge in [0.25, 0.3) is 5.19 Å². The van der Waals surface area contributed by atoms with Crippen molar-refractivity contribution >= 4 is 34.5 Å². The summed E-state index contributed by atoms with van der Waals surface area (Å²) >= 11 is 13.5. The van der Waals surface area contributed by atoms with E-state index in [1.54, 1.807) is 12.3 Å². The van der Waals surface area contributed by atoms with Crippen LogP contribution in [0.1, 0.15) is 0 Å². The van der Waals surface area contributed by atoms with Gasteiger partial charge in [-0.2, -0.15) is 0 Å². The highest BCUT2D eigenvalue weighted by Gasteiger charge is 2.11. The van der Waals surface area contributed by atoms with Crippen LogP contribution in [0.15, 0.2) is 24.4 Å². The van der Waals surface area contributed by atoms with Gasteiger partial charge >= 0.3 is 0 Å². The molecule has 1 aromatic heterocycles. The summed E-state index contributed by atoms with van der Waals surface area (Å²) < 4.78 is 11.1. The van der Waals surface area contributed by atoms with Gasteiger partial charge in [-0.3, -0.25) is 4.90 Å². The molecule has 0 amide bonds. The van der Waals surface area contributed by atoms with Crippen LogP contribution in [0.25, 0.3) is 10.4 Å². The molecule has 0 bridgehead atoms. The Morgan fingerprint density at radius 1 is 1.23 bits per heavy atom. The first-order valence-corrected chi connectivity index (χ1v) is 8.64. The molecule has 2 aromatic rings. The fourth-order valence-corrected chi connectivity index (χ4v) is 3.28. The SMILES string of the molecule is Clc1ccc(-c2cnc(OCCN3CCOCC3)s2)cc1Cl. The van der Waals surface area contributed by atoms with Crippen LogP contribution in [-0.2, 0) is 4.74 Å². The molecule has 3 rings (SSSR count). The second-order valence-electron chi connectivity index (χ2n) is 4.92. The Kier molecular flexibility index (Phi) is 5.55. The molecule has 0 atom stereocenters. The average Bonchev–Trinajstić information content (AvgIpc) is 3.00. The lowest BCUT2D eigenvalue weighted by Gasteiger charge is -2.26. The maximum Gasteiger partial charge on any atom is 0.273 e. The highest BCUT2D eigenvalue weighted by Crippen LogP contribution is 2.33. The summed E-state index contributed by atoms with van der Waals surface area (Å²) in [6, 6.07) is 5.56. The zero-order valence-corrected chi connectivity index (χ0v) is 14.3. The fraction of sp³-hybridized carbons (Fsp3) is 0.400. The number of benzene rings is 1. The van der Waals surface area contributed by atoms with Gasteiger partial charge in [-0.1, -0.05) is 40.6 Å². The molecule has 2 heterocycles. The molecule has 0 radical (unpaired) electrons. The summed E-state index contributed by atoms with van der Waals surface area (Å²) in [4.78, 5) is 7.65. The average molecular weight is 359 g/mol. The third kappa shape index (κ3) is 4.12. The molecule has 0 aliphatic carbocycles. The lowest BCUT2D eigenvalue weighted by atomic mass is 10.2. The molecule has 0 saturated carbocycles. The number of aromatic nitrogens is 1. The topological polar surface area (TPSA) is 34.6 Å². The summed E-state index contributed by atoms with van der Waals surface area (Å²) in [5, 5.41) is 1.77. The number of hydrogen-bond donors (Lipinski definition) is 0. The van der Waals surface area contributed by atoms with Gasteiger partial charge in [-0.05, 0) is 17.7 Å². The van der Waals surface area contributed by atoms with Crippen molar-refractivity contribution in [3.05, 3.63) is 34.4 Å². The van der Waals surface area contributed by atoms with Gasteiger partial charge in [0, 0.05) is 25.8 Å². The van der Waals surface area contributed by atoms with E-state index in [0.29, 0.717) is 21.8 Å². The van der Waals surface area contributed by atoms with Crippen molar-refractivity contribution < 1.29 is 9.47 Å². The molecule has 0 spiro atoms. The molecule has 22 heavy (non-hydrogen) atoms. The number of hydrogen-bond acceptors (Lipinski definition) is 5. The summed E-state index contributed by atoms with van der Waals surface area (Å²) in [7, 11) is 0. The van der Waals surface area contributed by atoms with E-state index in [4.69, 9.17) is 32.7 Å². The van der Waals surface area contributed by atoms with Crippen LogP contribution in [0, 0.1) is 0 Å². The van der Waals surface area contributed by atoms with E-state index < -0.39 is 0 Å². The van der Waals surface area contributed by atoms with Crippen molar-refractivity contribution in [2.45, 2.75) is 0 Å². The quantitative estimate of drug-likeness (QED) is 0.813. The van der Waals surface area contributed by atoms with Gasteiger partial charge in [0.1, 0.15) is 6.61 Å². The Hall–Kier alpha value is -0.850. The van der Waals surface area contributed by atoms with Crippen LogP contribution in [-0.4, -0.2) is 49.3 Å². The van der Waals surface area contributed by atoms with Crippen LogP contribution in [0.2, 0.25) is 10.0 Å². The second-order valence-corrected chi connectivity index (χ2v) is 6.73. The van der Waals surface area contributed by atoms with Crippen molar-refractivity contribution in [3.8, 4) is 15.6 Å². The molecular formula is C15H16Cl2N2O2S. The summed E-state index contributed by atoms with van der Waals surface area (Å²) in [6.45, 7) is 5.07. The van der Waals surface area contributed by atoms with Crippen LogP contribution < -0.4 is 4.74 Å². The van der Waals surface area contributed by atoms with Gasteiger partial charge in [0.05, 0.1) is 28.1 Å². The fourth-order valence-electron chi connectivity index (χ4n) is 2.19.